The van der Waals surface area contributed by atoms with Crippen molar-refractivity contribution in [1.82, 2.24) is 49.8 Å². The molecule has 0 aliphatic heterocycles. The van der Waals surface area contributed by atoms with Crippen molar-refractivity contribution in [3.05, 3.63) is 287 Å². The number of fused-ring (bicyclic) bond motifs is 4. The molecule has 7 aromatic carbocycles. The molecule has 111 heavy (non-hydrogen) atoms. The van der Waals surface area contributed by atoms with Gasteiger partial charge >= 0.3 is 0 Å². The highest BCUT2D eigenvalue weighted by Gasteiger charge is 2.29. The lowest BCUT2D eigenvalue weighted by Crippen LogP contribution is -2.07. The van der Waals surface area contributed by atoms with Crippen molar-refractivity contribution in [3.63, 3.8) is 0 Å². The molecule has 0 amide bonds. The van der Waals surface area contributed by atoms with Crippen LogP contribution in [0.3, 0.4) is 0 Å². The number of nitrogens with zero attached hydrogens (tertiary/aromatic N) is 11. The molecule has 6 aromatic heterocycles. The normalized spacial score (nSPS) is 12.3. The Kier molecular flexibility index (Phi) is 22.8. The van der Waals surface area contributed by atoms with Crippen LogP contribution in [0.5, 0.6) is 0 Å². The Labute approximate surface area is 628 Å². The topological polar surface area (TPSA) is 443 Å². The number of benzene rings is 7. The van der Waals surface area contributed by atoms with Crippen molar-refractivity contribution in [2.45, 2.75) is 27.5 Å². The largest absolute Gasteiger partial charge is 0.412 e. The molecule has 0 spiro atoms. The second kappa shape index (κ2) is 32.2. The lowest BCUT2D eigenvalue weighted by Gasteiger charge is -2.11. The molecule has 2 aliphatic rings. The zero-order valence-electron chi connectivity index (χ0n) is 56.9. The maximum absolute atomic E-state index is 14.6. The lowest BCUT2D eigenvalue weighted by molar-refractivity contribution is -0.385. The van der Waals surface area contributed by atoms with E-state index in [1.165, 1.54) is 97.5 Å². The van der Waals surface area contributed by atoms with Gasteiger partial charge in [0.25, 0.3) is 17.1 Å². The van der Waals surface area contributed by atoms with E-state index in [0.29, 0.717) is 61.8 Å². The average molecular weight is 1600 g/mol. The van der Waals surface area contributed by atoms with Crippen LogP contribution in [0.1, 0.15) is 33.6 Å². The number of hydrogen-bond donors (Lipinski definition) is 6. The maximum Gasteiger partial charge on any atom is 0.293 e. The molecule has 6 heterocycles. The zero-order valence-corrected chi connectivity index (χ0v) is 60.1. The van der Waals surface area contributed by atoms with E-state index in [4.69, 9.17) is 17.3 Å². The minimum absolute atomic E-state index is 0. The van der Waals surface area contributed by atoms with Crippen LogP contribution in [0.25, 0.3) is 55.5 Å². The van der Waals surface area contributed by atoms with E-state index in [-0.39, 0.29) is 102 Å². The predicted octanol–water partition coefficient (Wildman–Crippen LogP) is 14.1. The van der Waals surface area contributed by atoms with Crippen molar-refractivity contribution in [1.29, 1.82) is 0 Å². The molecule has 29 nitrogen and oxygen atoms in total. The SMILES string of the molecule is CS(=O)(=O)c1cccc(Nc2ncc(F)c(C3=CCc4c(N)cccc43)n2)c1F.CS(=O)(=O)c1cccc(Nc2ncc(F)c(C3=CCc4c3cccc4[N+](=O)[O-])n2)c1F.CS(=O)c1cccc(Nc2ncc(F)c(-c3c[nH]c4c([N+](=O)[O-])cccc34)n2)c1F.O.O=[N+]([O-])c1cccc2c(-c3nc(Cl)ncc3F)c[nH]c12. The molecule has 2 aliphatic carbocycles. The highest BCUT2D eigenvalue weighted by molar-refractivity contribution is 7.91. The van der Waals surface area contributed by atoms with Crippen LogP contribution in [-0.4, -0.2) is 110 Å². The fourth-order valence-electron chi connectivity index (χ4n) is 11.7. The number of rotatable bonds is 16. The van der Waals surface area contributed by atoms with Gasteiger partial charge in [-0.3, -0.25) is 34.6 Å². The van der Waals surface area contributed by atoms with Gasteiger partial charge in [0.15, 0.2) is 60.4 Å². The van der Waals surface area contributed by atoms with Crippen molar-refractivity contribution in [2.75, 3.05) is 40.5 Å². The molecule has 566 valence electrons. The minimum atomic E-state index is -3.80. The summed E-state index contributed by atoms with van der Waals surface area (Å²) in [7, 11) is -9.09. The summed E-state index contributed by atoms with van der Waals surface area (Å²) in [4.78, 5) is 67.7. The summed E-state index contributed by atoms with van der Waals surface area (Å²) >= 11 is 5.66. The Balaban J connectivity index is 0.000000148. The Hall–Kier alpha value is -13.4. The molecule has 1 unspecified atom stereocenters. The molecule has 9 N–H and O–H groups in total. The summed E-state index contributed by atoms with van der Waals surface area (Å²) in [6.45, 7) is 0. The summed E-state index contributed by atoms with van der Waals surface area (Å²) in [5.74, 6) is -5.82. The number of nitrogen functional groups attached to an aromatic ring is 1. The van der Waals surface area contributed by atoms with Gasteiger partial charge < -0.3 is 37.1 Å². The van der Waals surface area contributed by atoms with Crippen LogP contribution in [0.2, 0.25) is 5.28 Å². The fourth-order valence-corrected chi connectivity index (χ4v) is 14.0. The number of sulfone groups is 2. The van der Waals surface area contributed by atoms with E-state index < -0.39 is 95.8 Å². The average Bonchev–Trinajstić information content (AvgIpc) is 1.63. The highest BCUT2D eigenvalue weighted by atomic mass is 35.5. The van der Waals surface area contributed by atoms with Gasteiger partial charge in [0, 0.05) is 93.7 Å². The second-order valence-electron chi connectivity index (χ2n) is 23.6. The van der Waals surface area contributed by atoms with Gasteiger partial charge in [0.1, 0.15) is 43.6 Å². The molecule has 0 saturated heterocycles. The minimum Gasteiger partial charge on any atom is -0.412 e. The maximum atomic E-state index is 14.6. The van der Waals surface area contributed by atoms with E-state index in [1.807, 2.05) is 12.1 Å². The number of hydrogen-bond acceptors (Lipinski definition) is 23. The number of H-pyrrole nitrogens is 2. The number of aromatic amines is 2. The molecule has 0 fully saturated rings. The number of aromatic nitrogens is 10. The molecule has 13 aromatic rings. The summed E-state index contributed by atoms with van der Waals surface area (Å²) in [5, 5.41) is 42.1. The molecule has 0 bridgehead atoms. The molecule has 40 heteroatoms. The van der Waals surface area contributed by atoms with Crippen LogP contribution in [0, 0.1) is 71.1 Å². The monoisotopic (exact) mass is 1600 g/mol. The Bertz CT molecular complexity index is 6300. The number of nitrogens with one attached hydrogen (secondary N) is 5. The van der Waals surface area contributed by atoms with E-state index in [0.717, 1.165) is 60.6 Å². The first kappa shape index (κ1) is 78.7. The van der Waals surface area contributed by atoms with Gasteiger partial charge in [-0.15, -0.1) is 0 Å². The number of halogens is 8. The predicted molar refractivity (Wildman–Crippen MR) is 398 cm³/mol. The standard InChI is InChI=1S/C20H14F2N4O4S.C20H16F2N4O2S.C19H13F2N5O3S.C12H6ClFN4O2.H2O/c1-31(29,30)17-7-3-5-15(18(17)22)24-20-23-10-14(21)19(25-20)13-9-8-12-11(13)4-2-6-16(12)26(27)28;1-29(27,28)17-7-3-6-16(18(17)22)25-20-24-10-14(21)19(26-20)13-9-8-12-11(13)4-2-5-15(12)23;1-30(29)15-7-3-5-13(16(15)21)24-19-23-9-12(20)17(25-19)11-8-22-18-10(11)4-2-6-14(18)26(27)28;13-12-16-5-8(14)10(17-12)7-4-15-11-6(7)2-1-3-9(11)18(19)20;/h2-7,9-10H,8H2,1H3,(H,23,24,25);2-7,9-10H,8,23H2,1H3,(H,24,25,26);2-9,22H,1H3,(H,23,24,25);1-5,15H;1H2. The van der Waals surface area contributed by atoms with E-state index in [9.17, 15) is 82.1 Å². The van der Waals surface area contributed by atoms with E-state index in [2.05, 4.69) is 65.8 Å². The number of non-ortho nitro benzene ring substituents is 2. The van der Waals surface area contributed by atoms with Gasteiger partial charge in [-0.25, -0.2) is 87.4 Å². The van der Waals surface area contributed by atoms with Crippen molar-refractivity contribution >= 4 is 133 Å². The molecular formula is C71H51ClF7N17O12S3. The first-order valence-corrected chi connectivity index (χ1v) is 37.3. The quantitative estimate of drug-likeness (QED) is 0.0172. The van der Waals surface area contributed by atoms with Crippen molar-refractivity contribution in [2.24, 2.45) is 0 Å². The van der Waals surface area contributed by atoms with Crippen LogP contribution in [0.4, 0.5) is 88.4 Å². The highest BCUT2D eigenvalue weighted by Crippen LogP contribution is 2.41. The second-order valence-corrected chi connectivity index (χ2v) is 29.3. The van der Waals surface area contributed by atoms with Crippen LogP contribution in [-0.2, 0) is 43.3 Å². The summed E-state index contributed by atoms with van der Waals surface area (Å²) in [6.07, 6.45) is 14.0. The third kappa shape index (κ3) is 16.6. The Morgan fingerprint density at radius 3 is 1.30 bits per heavy atom. The zero-order chi connectivity index (χ0) is 78.8. The molecule has 0 radical (unpaired) electrons. The van der Waals surface area contributed by atoms with Crippen LogP contribution in [0.15, 0.2) is 191 Å². The van der Waals surface area contributed by atoms with E-state index in [1.54, 1.807) is 36.4 Å². The summed E-state index contributed by atoms with van der Waals surface area (Å²) < 4.78 is 160. The van der Waals surface area contributed by atoms with Crippen LogP contribution >= 0.6 is 11.6 Å². The van der Waals surface area contributed by atoms with Gasteiger partial charge in [-0.1, -0.05) is 78.9 Å². The number of anilines is 7. The smallest absolute Gasteiger partial charge is 0.293 e. The third-order valence-electron chi connectivity index (χ3n) is 16.6. The van der Waals surface area contributed by atoms with Crippen LogP contribution < -0.4 is 21.7 Å². The molecule has 0 saturated carbocycles. The van der Waals surface area contributed by atoms with E-state index >= 15 is 0 Å². The third-order valence-corrected chi connectivity index (χ3v) is 20.0. The Morgan fingerprint density at radius 2 is 0.847 bits per heavy atom. The number of para-hydroxylation sites is 2. The molecule has 15 rings (SSSR count). The van der Waals surface area contributed by atoms with Crippen molar-refractivity contribution < 1.29 is 72.0 Å². The van der Waals surface area contributed by atoms with Gasteiger partial charge in [-0.2, -0.15) is 0 Å². The molecular weight excluding hydrogens is 1550 g/mol. The fraction of sp³-hybridized carbons (Fsp3) is 0.0704. The first-order valence-electron chi connectivity index (χ1n) is 31.6. The lowest BCUT2D eigenvalue weighted by atomic mass is 10.0. The summed E-state index contributed by atoms with van der Waals surface area (Å²) in [6, 6.07) is 30.8. The number of nitro groups is 3. The van der Waals surface area contributed by atoms with Gasteiger partial charge in [-0.05, 0) is 83.6 Å². The number of nitro benzene ring substituents is 3. The van der Waals surface area contributed by atoms with Gasteiger partial charge in [0.2, 0.25) is 23.1 Å². The Morgan fingerprint density at radius 1 is 0.477 bits per heavy atom. The van der Waals surface area contributed by atoms with Crippen molar-refractivity contribution in [3.8, 4) is 22.5 Å². The number of nitrogens with two attached hydrogens (primary N) is 1. The molecule has 1 atom stereocenters. The first-order chi connectivity index (χ1) is 52.4. The summed E-state index contributed by atoms with van der Waals surface area (Å²) in [5.41, 5.74) is 10.5. The number of allylic oxidation sites excluding steroid dienone is 2. The van der Waals surface area contributed by atoms with Gasteiger partial charge in [0.05, 0.1) is 72.3 Å².